The van der Waals surface area contributed by atoms with Crippen molar-refractivity contribution >= 4 is 5.69 Å². The fraction of sp³-hybridized carbons (Fsp3) is 0.562. The van der Waals surface area contributed by atoms with E-state index in [4.69, 9.17) is 0 Å². The third kappa shape index (κ3) is 4.50. The summed E-state index contributed by atoms with van der Waals surface area (Å²) in [4.78, 5) is 2.09. The molecular formula is C16H24FN3. The average molecular weight is 277 g/mol. The van der Waals surface area contributed by atoms with Gasteiger partial charge in [0.05, 0.1) is 6.07 Å². The molecule has 0 amide bonds. The number of benzene rings is 1. The molecule has 1 N–H and O–H groups in total. The number of hydrogen-bond acceptors (Lipinski definition) is 3. The first-order valence-electron chi connectivity index (χ1n) is 7.20. The van der Waals surface area contributed by atoms with Crippen LogP contribution < -0.4 is 10.2 Å². The van der Waals surface area contributed by atoms with Crippen molar-refractivity contribution in [2.24, 2.45) is 0 Å². The van der Waals surface area contributed by atoms with E-state index in [-0.39, 0.29) is 5.82 Å². The van der Waals surface area contributed by atoms with Gasteiger partial charge in [-0.25, -0.2) is 4.39 Å². The lowest BCUT2D eigenvalue weighted by Gasteiger charge is -2.27. The van der Waals surface area contributed by atoms with Crippen LogP contribution in [0.5, 0.6) is 0 Å². The van der Waals surface area contributed by atoms with Crippen LogP contribution in [0.25, 0.3) is 0 Å². The van der Waals surface area contributed by atoms with E-state index in [1.807, 2.05) is 20.9 Å². The summed E-state index contributed by atoms with van der Waals surface area (Å²) in [6.45, 7) is 5.71. The Labute approximate surface area is 121 Å². The maximum absolute atomic E-state index is 12.9. The van der Waals surface area contributed by atoms with Gasteiger partial charge in [0.15, 0.2) is 0 Å². The van der Waals surface area contributed by atoms with E-state index in [0.717, 1.165) is 38.0 Å². The Bertz CT molecular complexity index is 438. The van der Waals surface area contributed by atoms with Crippen LogP contribution >= 0.6 is 0 Å². The molecule has 1 rings (SSSR count). The molecule has 0 aliphatic carbocycles. The highest BCUT2D eigenvalue weighted by Gasteiger charge is 2.25. The number of nitrogens with one attached hydrogen (secondary N) is 1. The highest BCUT2D eigenvalue weighted by Crippen LogP contribution is 2.19. The van der Waals surface area contributed by atoms with Crippen molar-refractivity contribution in [2.75, 3.05) is 25.0 Å². The molecule has 1 aromatic rings. The Morgan fingerprint density at radius 1 is 1.30 bits per heavy atom. The largest absolute Gasteiger partial charge is 0.375 e. The van der Waals surface area contributed by atoms with E-state index in [2.05, 4.69) is 16.3 Å². The summed E-state index contributed by atoms with van der Waals surface area (Å²) in [6.07, 6.45) is 2.54. The van der Waals surface area contributed by atoms with E-state index >= 15 is 0 Å². The molecule has 0 aliphatic heterocycles. The molecular weight excluding hydrogens is 253 g/mol. The van der Waals surface area contributed by atoms with E-state index < -0.39 is 5.54 Å². The maximum atomic E-state index is 12.9. The topological polar surface area (TPSA) is 39.1 Å². The molecule has 110 valence electrons. The number of halogens is 1. The van der Waals surface area contributed by atoms with Crippen LogP contribution in [0, 0.1) is 17.1 Å². The lowest BCUT2D eigenvalue weighted by molar-refractivity contribution is 0.373. The normalized spacial score (nSPS) is 13.6. The van der Waals surface area contributed by atoms with Crippen molar-refractivity contribution in [3.05, 3.63) is 30.1 Å². The predicted molar refractivity (Wildman–Crippen MR) is 81.2 cm³/mol. The minimum Gasteiger partial charge on any atom is -0.375 e. The van der Waals surface area contributed by atoms with Crippen molar-refractivity contribution in [3.8, 4) is 6.07 Å². The molecule has 0 saturated heterocycles. The third-order valence-electron chi connectivity index (χ3n) is 3.70. The Hall–Kier alpha value is -1.60. The zero-order chi connectivity index (χ0) is 15.0. The number of rotatable bonds is 8. The summed E-state index contributed by atoms with van der Waals surface area (Å²) >= 11 is 0. The molecule has 0 saturated carbocycles. The van der Waals surface area contributed by atoms with E-state index in [1.54, 1.807) is 12.1 Å². The summed E-state index contributed by atoms with van der Waals surface area (Å²) in [7, 11) is 1.99. The van der Waals surface area contributed by atoms with E-state index in [9.17, 15) is 9.65 Å². The molecule has 0 bridgehead atoms. The van der Waals surface area contributed by atoms with Crippen LogP contribution in [0.2, 0.25) is 0 Å². The molecule has 0 spiro atoms. The maximum Gasteiger partial charge on any atom is 0.123 e. The number of nitrogens with zero attached hydrogens (tertiary/aromatic N) is 2. The second kappa shape index (κ2) is 7.86. The summed E-state index contributed by atoms with van der Waals surface area (Å²) < 4.78 is 12.9. The molecule has 0 heterocycles. The SMILES string of the molecule is CCNC(C#N)(CC)CCCN(C)c1ccc(F)cc1. The van der Waals surface area contributed by atoms with E-state index in [1.165, 1.54) is 12.1 Å². The van der Waals surface area contributed by atoms with Crippen molar-refractivity contribution in [1.82, 2.24) is 5.32 Å². The van der Waals surface area contributed by atoms with Crippen molar-refractivity contribution < 1.29 is 4.39 Å². The molecule has 3 nitrogen and oxygen atoms in total. The van der Waals surface area contributed by atoms with Crippen LogP contribution in [0.15, 0.2) is 24.3 Å². The van der Waals surface area contributed by atoms with Gasteiger partial charge in [0.25, 0.3) is 0 Å². The van der Waals surface area contributed by atoms with Crippen molar-refractivity contribution in [3.63, 3.8) is 0 Å². The van der Waals surface area contributed by atoms with Gasteiger partial charge in [-0.3, -0.25) is 5.32 Å². The molecule has 0 aromatic heterocycles. The molecule has 0 aliphatic rings. The first-order valence-corrected chi connectivity index (χ1v) is 7.20. The smallest absolute Gasteiger partial charge is 0.123 e. The quantitative estimate of drug-likeness (QED) is 0.792. The minimum atomic E-state index is -0.418. The van der Waals surface area contributed by atoms with Gasteiger partial charge >= 0.3 is 0 Å². The molecule has 1 unspecified atom stereocenters. The van der Waals surface area contributed by atoms with Gasteiger partial charge in [0, 0.05) is 19.3 Å². The van der Waals surface area contributed by atoms with E-state index in [0.29, 0.717) is 0 Å². The summed E-state index contributed by atoms with van der Waals surface area (Å²) in [5.74, 6) is -0.219. The Morgan fingerprint density at radius 3 is 2.45 bits per heavy atom. The fourth-order valence-electron chi connectivity index (χ4n) is 2.35. The number of nitriles is 1. The summed E-state index contributed by atoms with van der Waals surface area (Å²) in [5, 5.41) is 12.6. The van der Waals surface area contributed by atoms with Crippen LogP contribution in [-0.2, 0) is 0 Å². The molecule has 0 radical (unpaired) electrons. The molecule has 1 aromatic carbocycles. The standard InChI is InChI=1S/C16H24FN3/c1-4-16(13-18,19-5-2)11-6-12-20(3)15-9-7-14(17)8-10-15/h7-10,19H,4-6,11-12H2,1-3H3. The Morgan fingerprint density at radius 2 is 1.95 bits per heavy atom. The molecule has 1 atom stereocenters. The predicted octanol–water partition coefficient (Wildman–Crippen LogP) is 3.32. The zero-order valence-electron chi connectivity index (χ0n) is 12.6. The Kier molecular flexibility index (Phi) is 6.47. The van der Waals surface area contributed by atoms with Gasteiger partial charge in [-0.1, -0.05) is 13.8 Å². The van der Waals surface area contributed by atoms with Crippen LogP contribution in [0.1, 0.15) is 33.1 Å². The monoisotopic (exact) mass is 277 g/mol. The molecule has 0 fully saturated rings. The van der Waals surface area contributed by atoms with Crippen LogP contribution in [0.3, 0.4) is 0 Å². The first-order chi connectivity index (χ1) is 9.56. The van der Waals surface area contributed by atoms with Gasteiger partial charge in [-0.2, -0.15) is 5.26 Å². The number of anilines is 1. The van der Waals surface area contributed by atoms with Gasteiger partial charge in [-0.05, 0) is 50.1 Å². The zero-order valence-corrected chi connectivity index (χ0v) is 12.6. The van der Waals surface area contributed by atoms with Crippen molar-refractivity contribution in [2.45, 2.75) is 38.6 Å². The van der Waals surface area contributed by atoms with Gasteiger partial charge < -0.3 is 4.90 Å². The highest BCUT2D eigenvalue weighted by molar-refractivity contribution is 5.45. The van der Waals surface area contributed by atoms with Crippen LogP contribution in [0.4, 0.5) is 10.1 Å². The van der Waals surface area contributed by atoms with Gasteiger partial charge in [0.1, 0.15) is 11.4 Å². The van der Waals surface area contributed by atoms with Gasteiger partial charge in [0.2, 0.25) is 0 Å². The minimum absolute atomic E-state index is 0.219. The lowest BCUT2D eigenvalue weighted by atomic mass is 9.92. The highest BCUT2D eigenvalue weighted by atomic mass is 19.1. The summed E-state index contributed by atoms with van der Waals surface area (Å²) in [5.41, 5.74) is 0.576. The third-order valence-corrected chi connectivity index (χ3v) is 3.70. The number of hydrogen-bond donors (Lipinski definition) is 1. The van der Waals surface area contributed by atoms with Crippen molar-refractivity contribution in [1.29, 1.82) is 5.26 Å². The fourth-order valence-corrected chi connectivity index (χ4v) is 2.35. The Balaban J connectivity index is 2.50. The molecule has 4 heteroatoms. The lowest BCUT2D eigenvalue weighted by Crippen LogP contribution is -2.43. The molecule has 20 heavy (non-hydrogen) atoms. The summed E-state index contributed by atoms with van der Waals surface area (Å²) in [6, 6.07) is 8.89. The van der Waals surface area contributed by atoms with Gasteiger partial charge in [-0.15, -0.1) is 0 Å². The second-order valence-electron chi connectivity index (χ2n) is 5.08. The van der Waals surface area contributed by atoms with Crippen LogP contribution in [-0.4, -0.2) is 25.7 Å². The second-order valence-corrected chi connectivity index (χ2v) is 5.08. The average Bonchev–Trinajstić information content (AvgIpc) is 2.47. The first kappa shape index (κ1) is 16.5.